The van der Waals surface area contributed by atoms with E-state index in [0.29, 0.717) is 0 Å². The van der Waals surface area contributed by atoms with Crippen molar-refractivity contribution in [1.29, 1.82) is 5.26 Å². The molecule has 1 aromatic carbocycles. The third kappa shape index (κ3) is 2.70. The molecule has 0 aromatic heterocycles. The topological polar surface area (TPSA) is 44.1 Å². The highest BCUT2D eigenvalue weighted by Crippen LogP contribution is 2.31. The summed E-state index contributed by atoms with van der Waals surface area (Å²) in [5, 5.41) is 8.69. The smallest absolute Gasteiger partial charge is 0.302 e. The lowest BCUT2D eigenvalue weighted by Gasteiger charge is -2.25. The van der Waals surface area contributed by atoms with Crippen LogP contribution in [-0.4, -0.2) is 13.0 Å². The van der Waals surface area contributed by atoms with Gasteiger partial charge in [-0.25, -0.2) is 0 Å². The number of nitriles is 1. The third-order valence-corrected chi connectivity index (χ3v) is 3.09. The maximum absolute atomic E-state index is 11.5. The first kappa shape index (κ1) is 14.2. The Morgan fingerprint density at radius 3 is 2.00 bits per heavy atom. The maximum atomic E-state index is 11.5. The Hall–Kier alpha value is -1.82. The minimum atomic E-state index is -0.537. The molecule has 0 saturated heterocycles. The van der Waals surface area contributed by atoms with Crippen molar-refractivity contribution in [2.75, 3.05) is 11.9 Å². The fourth-order valence-electron chi connectivity index (χ4n) is 2.09. The first-order chi connectivity index (χ1) is 8.18. The zero-order chi connectivity index (χ0) is 14.1. The summed E-state index contributed by atoms with van der Waals surface area (Å²) in [5.41, 5.74) is 4.18. The standard InChI is InChI=1S/C15H20N2O/c1-10-7-12(15(3,4)5)8-11(2)14(10)17(6)13(18)9-16/h7-8H,1-6H3. The van der Waals surface area contributed by atoms with Crippen LogP contribution in [0, 0.1) is 25.2 Å². The summed E-state index contributed by atoms with van der Waals surface area (Å²) < 4.78 is 0. The van der Waals surface area contributed by atoms with E-state index in [-0.39, 0.29) is 5.41 Å². The SMILES string of the molecule is Cc1cc(C(C)(C)C)cc(C)c1N(C)C(=O)C#N. The number of hydrogen-bond acceptors (Lipinski definition) is 2. The van der Waals surface area contributed by atoms with Gasteiger partial charge in [0.25, 0.3) is 0 Å². The van der Waals surface area contributed by atoms with Gasteiger partial charge >= 0.3 is 5.91 Å². The molecule has 0 saturated carbocycles. The molecule has 0 radical (unpaired) electrons. The average Bonchev–Trinajstić information content (AvgIpc) is 2.25. The molecule has 3 nitrogen and oxygen atoms in total. The number of anilines is 1. The van der Waals surface area contributed by atoms with E-state index in [0.717, 1.165) is 16.8 Å². The molecule has 0 fully saturated rings. The Morgan fingerprint density at radius 2 is 1.67 bits per heavy atom. The van der Waals surface area contributed by atoms with Crippen LogP contribution in [0.25, 0.3) is 0 Å². The molecule has 0 aliphatic carbocycles. The molecule has 1 aromatic rings. The van der Waals surface area contributed by atoms with Gasteiger partial charge in [-0.05, 0) is 36.0 Å². The van der Waals surface area contributed by atoms with Crippen LogP contribution in [0.3, 0.4) is 0 Å². The van der Waals surface area contributed by atoms with Gasteiger partial charge in [-0.15, -0.1) is 0 Å². The van der Waals surface area contributed by atoms with Crippen LogP contribution in [0.5, 0.6) is 0 Å². The second-order valence-electron chi connectivity index (χ2n) is 5.68. The van der Waals surface area contributed by atoms with Crippen LogP contribution in [0.2, 0.25) is 0 Å². The van der Waals surface area contributed by atoms with Crippen LogP contribution < -0.4 is 4.90 Å². The molecule has 1 rings (SSSR count). The van der Waals surface area contributed by atoms with E-state index in [4.69, 9.17) is 5.26 Å². The number of carbonyl (C=O) groups is 1. The predicted octanol–water partition coefficient (Wildman–Crippen LogP) is 3.09. The molecule has 0 heterocycles. The number of amides is 1. The zero-order valence-electron chi connectivity index (χ0n) is 12.0. The van der Waals surface area contributed by atoms with Crippen molar-refractivity contribution in [2.45, 2.75) is 40.0 Å². The Kier molecular flexibility index (Phi) is 3.81. The fourth-order valence-corrected chi connectivity index (χ4v) is 2.09. The summed E-state index contributed by atoms with van der Waals surface area (Å²) in [6.07, 6.45) is 0. The molecule has 0 atom stereocenters. The Bertz CT molecular complexity index is 495. The number of benzene rings is 1. The molecule has 0 unspecified atom stereocenters. The van der Waals surface area contributed by atoms with E-state index in [1.807, 2.05) is 13.8 Å². The molecule has 18 heavy (non-hydrogen) atoms. The Balaban J connectivity index is 3.35. The van der Waals surface area contributed by atoms with Crippen LogP contribution in [-0.2, 0) is 10.2 Å². The summed E-state index contributed by atoms with van der Waals surface area (Å²) >= 11 is 0. The van der Waals surface area contributed by atoms with Crippen molar-refractivity contribution in [3.63, 3.8) is 0 Å². The highest BCUT2D eigenvalue weighted by molar-refractivity contribution is 6.04. The largest absolute Gasteiger partial charge is 0.329 e. The average molecular weight is 244 g/mol. The van der Waals surface area contributed by atoms with Gasteiger partial charge in [0.05, 0.1) is 5.69 Å². The molecular weight excluding hydrogens is 224 g/mol. The number of aryl methyl sites for hydroxylation is 2. The molecule has 0 bridgehead atoms. The second kappa shape index (κ2) is 4.81. The van der Waals surface area contributed by atoms with Gasteiger partial charge in [0, 0.05) is 7.05 Å². The lowest BCUT2D eigenvalue weighted by atomic mass is 9.84. The second-order valence-corrected chi connectivity index (χ2v) is 5.68. The predicted molar refractivity (Wildman–Crippen MR) is 73.6 cm³/mol. The normalized spacial score (nSPS) is 10.9. The summed E-state index contributed by atoms with van der Waals surface area (Å²) in [4.78, 5) is 12.9. The van der Waals surface area contributed by atoms with Crippen molar-refractivity contribution < 1.29 is 4.79 Å². The minimum absolute atomic E-state index is 0.0753. The van der Waals surface area contributed by atoms with Crippen LogP contribution >= 0.6 is 0 Å². The third-order valence-electron chi connectivity index (χ3n) is 3.09. The van der Waals surface area contributed by atoms with Crippen molar-refractivity contribution in [2.24, 2.45) is 0 Å². The van der Waals surface area contributed by atoms with Crippen molar-refractivity contribution >= 4 is 11.6 Å². The maximum Gasteiger partial charge on any atom is 0.329 e. The number of carbonyl (C=O) groups excluding carboxylic acids is 1. The van der Waals surface area contributed by atoms with E-state index in [9.17, 15) is 4.79 Å². The highest BCUT2D eigenvalue weighted by atomic mass is 16.2. The summed E-state index contributed by atoms with van der Waals surface area (Å²) in [7, 11) is 1.64. The van der Waals surface area contributed by atoms with Gasteiger partial charge in [0.2, 0.25) is 0 Å². The fraction of sp³-hybridized carbons (Fsp3) is 0.467. The zero-order valence-corrected chi connectivity index (χ0v) is 12.0. The van der Waals surface area contributed by atoms with Crippen LogP contribution in [0.1, 0.15) is 37.5 Å². The summed E-state index contributed by atoms with van der Waals surface area (Å²) in [5.74, 6) is -0.537. The number of rotatable bonds is 1. The van der Waals surface area contributed by atoms with E-state index < -0.39 is 5.91 Å². The highest BCUT2D eigenvalue weighted by Gasteiger charge is 2.19. The van der Waals surface area contributed by atoms with Crippen molar-refractivity contribution in [3.05, 3.63) is 28.8 Å². The van der Waals surface area contributed by atoms with Gasteiger partial charge < -0.3 is 4.90 Å². The Morgan fingerprint density at radius 1 is 1.22 bits per heavy atom. The monoisotopic (exact) mass is 244 g/mol. The van der Waals surface area contributed by atoms with Crippen LogP contribution in [0.4, 0.5) is 5.69 Å². The Labute approximate surface area is 109 Å². The molecule has 96 valence electrons. The first-order valence-corrected chi connectivity index (χ1v) is 5.98. The summed E-state index contributed by atoms with van der Waals surface area (Å²) in [6.45, 7) is 10.4. The van der Waals surface area contributed by atoms with Gasteiger partial charge in [-0.2, -0.15) is 5.26 Å². The number of hydrogen-bond donors (Lipinski definition) is 0. The molecule has 0 spiro atoms. The van der Waals surface area contributed by atoms with E-state index >= 15 is 0 Å². The van der Waals surface area contributed by atoms with Gasteiger partial charge in [0.15, 0.2) is 6.07 Å². The van der Waals surface area contributed by atoms with Crippen molar-refractivity contribution in [3.8, 4) is 6.07 Å². The minimum Gasteiger partial charge on any atom is -0.302 e. The molecule has 0 aliphatic heterocycles. The van der Waals surface area contributed by atoms with Crippen LogP contribution in [0.15, 0.2) is 12.1 Å². The first-order valence-electron chi connectivity index (χ1n) is 5.98. The van der Waals surface area contributed by atoms with E-state index in [2.05, 4.69) is 32.9 Å². The summed E-state index contributed by atoms with van der Waals surface area (Å²) in [6, 6.07) is 5.82. The quantitative estimate of drug-likeness (QED) is 0.712. The lowest BCUT2D eigenvalue weighted by molar-refractivity contribution is -0.113. The van der Waals surface area contributed by atoms with Gasteiger partial charge in [-0.3, -0.25) is 4.79 Å². The lowest BCUT2D eigenvalue weighted by Crippen LogP contribution is -2.26. The number of nitrogens with zero attached hydrogens (tertiary/aromatic N) is 2. The van der Waals surface area contributed by atoms with Gasteiger partial charge in [-0.1, -0.05) is 32.9 Å². The molecular formula is C15H20N2O. The molecule has 3 heteroatoms. The molecule has 0 N–H and O–H groups in total. The molecule has 0 aliphatic rings. The van der Waals surface area contributed by atoms with E-state index in [1.165, 1.54) is 10.5 Å². The van der Waals surface area contributed by atoms with Crippen molar-refractivity contribution in [1.82, 2.24) is 0 Å². The van der Waals surface area contributed by atoms with Gasteiger partial charge in [0.1, 0.15) is 0 Å². The molecule has 1 amide bonds. The van der Waals surface area contributed by atoms with E-state index in [1.54, 1.807) is 13.1 Å².